The van der Waals surface area contributed by atoms with Crippen molar-refractivity contribution in [3.05, 3.63) is 59.4 Å². The molecule has 0 aliphatic heterocycles. The molecule has 0 spiro atoms. The number of Topliss-reactive ketones (excluding diaryl/α,β-unsaturated/α-hetero) is 1. The van der Waals surface area contributed by atoms with Gasteiger partial charge in [0, 0.05) is 11.8 Å². The van der Waals surface area contributed by atoms with Crippen molar-refractivity contribution in [3.8, 4) is 5.75 Å². The van der Waals surface area contributed by atoms with Crippen LogP contribution in [0.4, 0.5) is 0 Å². The van der Waals surface area contributed by atoms with Gasteiger partial charge in [-0.25, -0.2) is 0 Å². The summed E-state index contributed by atoms with van der Waals surface area (Å²) in [5, 5.41) is 0. The van der Waals surface area contributed by atoms with Crippen LogP contribution in [0.25, 0.3) is 0 Å². The third-order valence-corrected chi connectivity index (χ3v) is 3.94. The van der Waals surface area contributed by atoms with Crippen LogP contribution in [-0.4, -0.2) is 17.4 Å². The smallest absolute Gasteiger partial charge is 0.172 e. The molecule has 1 aromatic carbocycles. The van der Waals surface area contributed by atoms with Gasteiger partial charge in [0.1, 0.15) is 5.75 Å². The lowest BCUT2D eigenvalue weighted by molar-refractivity contribution is 0.0948. The highest BCUT2D eigenvalue weighted by atomic mass is 16.5. The Balaban J connectivity index is 1.91. The van der Waals surface area contributed by atoms with E-state index in [9.17, 15) is 4.79 Å². The van der Waals surface area contributed by atoms with Crippen molar-refractivity contribution in [3.63, 3.8) is 0 Å². The van der Waals surface area contributed by atoms with E-state index in [0.717, 1.165) is 30.7 Å². The third-order valence-electron chi connectivity index (χ3n) is 3.94. The first-order valence-corrected chi connectivity index (χ1v) is 7.50. The van der Waals surface area contributed by atoms with Crippen LogP contribution in [0.5, 0.6) is 5.75 Å². The topological polar surface area (TPSA) is 39.2 Å². The van der Waals surface area contributed by atoms with Crippen LogP contribution in [-0.2, 0) is 6.42 Å². The maximum Gasteiger partial charge on any atom is 0.172 e. The number of hydrogen-bond acceptors (Lipinski definition) is 3. The minimum atomic E-state index is -0.119. The Labute approximate surface area is 125 Å². The number of benzene rings is 1. The number of ether oxygens (including phenoxy) is 1. The van der Waals surface area contributed by atoms with E-state index in [1.807, 2.05) is 37.3 Å². The van der Waals surface area contributed by atoms with Crippen LogP contribution in [0.15, 0.2) is 42.6 Å². The van der Waals surface area contributed by atoms with E-state index in [1.165, 1.54) is 5.56 Å². The number of ketones is 1. The van der Waals surface area contributed by atoms with Gasteiger partial charge in [-0.3, -0.25) is 9.78 Å². The molecule has 0 saturated heterocycles. The first-order chi connectivity index (χ1) is 10.3. The zero-order chi connectivity index (χ0) is 14.7. The Morgan fingerprint density at radius 2 is 2.24 bits per heavy atom. The maximum absolute atomic E-state index is 12.8. The molecule has 1 unspecified atom stereocenters. The van der Waals surface area contributed by atoms with Gasteiger partial charge in [0.25, 0.3) is 0 Å². The molecule has 0 amide bonds. The van der Waals surface area contributed by atoms with E-state index in [4.69, 9.17) is 4.74 Å². The molecule has 0 fully saturated rings. The Morgan fingerprint density at radius 1 is 1.33 bits per heavy atom. The van der Waals surface area contributed by atoms with Crippen molar-refractivity contribution < 1.29 is 9.53 Å². The molecule has 0 bridgehead atoms. The van der Waals surface area contributed by atoms with Crippen LogP contribution >= 0.6 is 0 Å². The van der Waals surface area contributed by atoms with Gasteiger partial charge in [0.05, 0.1) is 18.2 Å². The number of hydrogen-bond donors (Lipinski definition) is 0. The van der Waals surface area contributed by atoms with E-state index >= 15 is 0 Å². The van der Waals surface area contributed by atoms with Gasteiger partial charge >= 0.3 is 0 Å². The number of pyridine rings is 1. The third kappa shape index (κ3) is 2.82. The summed E-state index contributed by atoms with van der Waals surface area (Å²) in [6.07, 6.45) is 4.72. The number of rotatable bonds is 4. The van der Waals surface area contributed by atoms with Gasteiger partial charge in [-0.2, -0.15) is 0 Å². The molecule has 1 atom stereocenters. The monoisotopic (exact) mass is 281 g/mol. The molecule has 1 aliphatic carbocycles. The van der Waals surface area contributed by atoms with Crippen LogP contribution in [0.1, 0.15) is 47.3 Å². The molecule has 1 aromatic heterocycles. The van der Waals surface area contributed by atoms with E-state index in [0.29, 0.717) is 12.2 Å². The van der Waals surface area contributed by atoms with Gasteiger partial charge < -0.3 is 4.74 Å². The van der Waals surface area contributed by atoms with E-state index in [-0.39, 0.29) is 11.7 Å². The van der Waals surface area contributed by atoms with Crippen molar-refractivity contribution in [1.29, 1.82) is 0 Å². The number of aromatic nitrogens is 1. The average molecular weight is 281 g/mol. The quantitative estimate of drug-likeness (QED) is 0.800. The molecule has 1 heterocycles. The summed E-state index contributed by atoms with van der Waals surface area (Å²) in [5.41, 5.74) is 2.88. The number of carbonyl (C=O) groups is 1. The molecule has 108 valence electrons. The average Bonchev–Trinajstić information content (AvgIpc) is 2.54. The minimum absolute atomic E-state index is 0.119. The summed E-state index contributed by atoms with van der Waals surface area (Å²) >= 11 is 0. The Morgan fingerprint density at radius 3 is 3.10 bits per heavy atom. The molecule has 1 aliphatic rings. The SMILES string of the molecule is CCOc1cccc(C(=O)C2CCCc3cccnc32)c1. The lowest BCUT2D eigenvalue weighted by atomic mass is 9.82. The Kier molecular flexibility index (Phi) is 4.00. The molecule has 3 nitrogen and oxygen atoms in total. The highest BCUT2D eigenvalue weighted by molar-refractivity contribution is 6.01. The summed E-state index contributed by atoms with van der Waals surface area (Å²) in [5.74, 6) is 0.781. The van der Waals surface area contributed by atoms with Crippen LogP contribution in [0.3, 0.4) is 0 Å². The Hall–Kier alpha value is -2.16. The number of nitrogens with zero attached hydrogens (tertiary/aromatic N) is 1. The summed E-state index contributed by atoms with van der Waals surface area (Å²) in [6.45, 7) is 2.54. The fraction of sp³-hybridized carbons (Fsp3) is 0.333. The van der Waals surface area contributed by atoms with E-state index in [2.05, 4.69) is 11.1 Å². The molecule has 2 aromatic rings. The predicted octanol–water partition coefficient (Wildman–Crippen LogP) is 3.78. The van der Waals surface area contributed by atoms with Gasteiger partial charge in [-0.05, 0) is 49.9 Å². The number of carbonyl (C=O) groups excluding carboxylic acids is 1. The molecular formula is C18H19NO2. The van der Waals surface area contributed by atoms with Crippen molar-refractivity contribution in [2.75, 3.05) is 6.61 Å². The molecule has 3 rings (SSSR count). The second kappa shape index (κ2) is 6.08. The van der Waals surface area contributed by atoms with E-state index in [1.54, 1.807) is 6.20 Å². The fourth-order valence-corrected chi connectivity index (χ4v) is 2.97. The summed E-state index contributed by atoms with van der Waals surface area (Å²) in [4.78, 5) is 17.3. The Bertz CT molecular complexity index is 651. The highest BCUT2D eigenvalue weighted by Gasteiger charge is 2.28. The minimum Gasteiger partial charge on any atom is -0.494 e. The van der Waals surface area contributed by atoms with Crippen molar-refractivity contribution in [1.82, 2.24) is 4.98 Å². The zero-order valence-corrected chi connectivity index (χ0v) is 12.2. The first-order valence-electron chi connectivity index (χ1n) is 7.50. The van der Waals surface area contributed by atoms with E-state index < -0.39 is 0 Å². The number of aryl methyl sites for hydroxylation is 1. The first kappa shape index (κ1) is 13.8. The molecule has 0 N–H and O–H groups in total. The molecule has 3 heteroatoms. The second-order valence-corrected chi connectivity index (χ2v) is 5.32. The zero-order valence-electron chi connectivity index (χ0n) is 12.2. The normalized spacial score (nSPS) is 17.1. The van der Waals surface area contributed by atoms with Gasteiger partial charge in [0.2, 0.25) is 0 Å². The summed E-state index contributed by atoms with van der Waals surface area (Å²) in [6, 6.07) is 11.5. The van der Waals surface area contributed by atoms with Crippen molar-refractivity contribution in [2.24, 2.45) is 0 Å². The highest BCUT2D eigenvalue weighted by Crippen LogP contribution is 2.33. The van der Waals surface area contributed by atoms with Gasteiger partial charge in [-0.15, -0.1) is 0 Å². The van der Waals surface area contributed by atoms with Crippen LogP contribution in [0, 0.1) is 0 Å². The van der Waals surface area contributed by atoms with Crippen LogP contribution < -0.4 is 4.74 Å². The largest absolute Gasteiger partial charge is 0.494 e. The number of fused-ring (bicyclic) bond motifs is 1. The molecule has 0 saturated carbocycles. The summed E-state index contributed by atoms with van der Waals surface area (Å²) < 4.78 is 5.49. The standard InChI is InChI=1S/C18H19NO2/c1-2-21-15-9-3-7-14(12-15)18(20)16-10-4-6-13-8-5-11-19-17(13)16/h3,5,7-9,11-12,16H,2,4,6,10H2,1H3. The second-order valence-electron chi connectivity index (χ2n) is 5.32. The lowest BCUT2D eigenvalue weighted by Crippen LogP contribution is -2.20. The summed E-state index contributed by atoms with van der Waals surface area (Å²) in [7, 11) is 0. The molecule has 0 radical (unpaired) electrons. The van der Waals surface area contributed by atoms with Crippen LogP contribution in [0.2, 0.25) is 0 Å². The molecular weight excluding hydrogens is 262 g/mol. The fourth-order valence-electron chi connectivity index (χ4n) is 2.97. The van der Waals surface area contributed by atoms with Gasteiger partial charge in [-0.1, -0.05) is 18.2 Å². The van der Waals surface area contributed by atoms with Crippen molar-refractivity contribution >= 4 is 5.78 Å². The molecule has 21 heavy (non-hydrogen) atoms. The predicted molar refractivity (Wildman–Crippen MR) is 81.9 cm³/mol. The maximum atomic E-state index is 12.8. The lowest BCUT2D eigenvalue weighted by Gasteiger charge is -2.23. The van der Waals surface area contributed by atoms with Crippen molar-refractivity contribution in [2.45, 2.75) is 32.1 Å². The van der Waals surface area contributed by atoms with Gasteiger partial charge in [0.15, 0.2) is 5.78 Å².